The molecule has 12 nitrogen and oxygen atoms in total. The Morgan fingerprint density at radius 1 is 0.630 bits per heavy atom. The average Bonchev–Trinajstić information content (AvgIpc) is 3.72. The van der Waals surface area contributed by atoms with Crippen LogP contribution < -0.4 is 0 Å². The number of hydrogen-bond acceptors (Lipinski definition) is 12. The number of ether oxygens (including phenoxy) is 12. The van der Waals surface area contributed by atoms with E-state index in [0.29, 0.717) is 26.4 Å². The minimum absolute atomic E-state index is 0.00336. The molecule has 0 aliphatic carbocycles. The second-order valence-electron chi connectivity index (χ2n) is 17.0. The Balaban J connectivity index is 0.000000282. The molecule has 1 unspecified atom stereocenters. The first-order chi connectivity index (χ1) is 25.2. The molecule has 322 valence electrons. The van der Waals surface area contributed by atoms with Crippen LogP contribution in [0.5, 0.6) is 0 Å². The fourth-order valence-corrected chi connectivity index (χ4v) is 7.46. The highest BCUT2D eigenvalue weighted by molar-refractivity contribution is 5.12. The second-order valence-corrected chi connectivity index (χ2v) is 17.0. The number of hydrogen-bond donors (Lipinski definition) is 0. The molecule has 4 aliphatic heterocycles. The summed E-state index contributed by atoms with van der Waals surface area (Å²) in [5.74, 6) is 0. The third-order valence-electron chi connectivity index (χ3n) is 9.64. The van der Waals surface area contributed by atoms with Crippen LogP contribution in [0, 0.1) is 0 Å². The van der Waals surface area contributed by atoms with Gasteiger partial charge in [-0.1, -0.05) is 0 Å². The molecular formula is C42H82O12. The normalized spacial score (nSPS) is 35.4. The number of rotatable bonds is 19. The van der Waals surface area contributed by atoms with Gasteiger partial charge in [-0.3, -0.25) is 0 Å². The Morgan fingerprint density at radius 2 is 1.24 bits per heavy atom. The van der Waals surface area contributed by atoms with Gasteiger partial charge in [0, 0.05) is 13.5 Å². The van der Waals surface area contributed by atoms with Gasteiger partial charge in [-0.2, -0.15) is 0 Å². The molecule has 4 saturated heterocycles. The van der Waals surface area contributed by atoms with Crippen molar-refractivity contribution in [3.05, 3.63) is 0 Å². The van der Waals surface area contributed by atoms with Gasteiger partial charge >= 0.3 is 0 Å². The summed E-state index contributed by atoms with van der Waals surface area (Å²) in [7, 11) is 1.67. The van der Waals surface area contributed by atoms with E-state index < -0.39 is 5.60 Å². The van der Waals surface area contributed by atoms with Gasteiger partial charge < -0.3 is 56.8 Å². The number of fused-ring (bicyclic) bond motifs is 2. The fraction of sp³-hybridized carbons (Fsp3) is 1.00. The topological polar surface area (TPSA) is 111 Å². The Kier molecular flexibility index (Phi) is 21.9. The Bertz CT molecular complexity index is 994. The quantitative estimate of drug-likeness (QED) is 0.127. The van der Waals surface area contributed by atoms with Gasteiger partial charge in [0.15, 0.2) is 0 Å². The predicted octanol–water partition coefficient (Wildman–Crippen LogP) is 6.94. The van der Waals surface area contributed by atoms with Crippen molar-refractivity contribution in [1.82, 2.24) is 0 Å². The van der Waals surface area contributed by atoms with Crippen LogP contribution in [-0.4, -0.2) is 149 Å². The lowest BCUT2D eigenvalue weighted by atomic mass is 9.93. The summed E-state index contributed by atoms with van der Waals surface area (Å²) in [6, 6.07) is 0. The van der Waals surface area contributed by atoms with E-state index in [1.165, 1.54) is 0 Å². The van der Waals surface area contributed by atoms with Gasteiger partial charge in [0.2, 0.25) is 0 Å². The highest BCUT2D eigenvalue weighted by Gasteiger charge is 2.65. The van der Waals surface area contributed by atoms with Gasteiger partial charge in [0.1, 0.15) is 42.2 Å². The van der Waals surface area contributed by atoms with Crippen LogP contribution in [0.15, 0.2) is 0 Å². The molecule has 0 N–H and O–H groups in total. The smallest absolute Gasteiger partial charge is 0.146 e. The van der Waals surface area contributed by atoms with E-state index in [-0.39, 0.29) is 110 Å². The molecule has 0 aromatic carbocycles. The molecule has 54 heavy (non-hydrogen) atoms. The first-order valence-electron chi connectivity index (χ1n) is 20.8. The lowest BCUT2D eigenvalue weighted by Crippen LogP contribution is -2.52. The van der Waals surface area contributed by atoms with E-state index in [1.807, 2.05) is 90.0 Å². The van der Waals surface area contributed by atoms with Crippen LogP contribution >= 0.6 is 0 Å². The third kappa shape index (κ3) is 15.4. The summed E-state index contributed by atoms with van der Waals surface area (Å²) >= 11 is 0. The molecule has 13 atom stereocenters. The number of methoxy groups -OCH3 is 1. The van der Waals surface area contributed by atoms with Crippen molar-refractivity contribution in [2.45, 2.75) is 240 Å². The summed E-state index contributed by atoms with van der Waals surface area (Å²) < 4.78 is 70.1. The highest BCUT2D eigenvalue weighted by Crippen LogP contribution is 2.46. The maximum Gasteiger partial charge on any atom is 0.146 e. The minimum atomic E-state index is -0.446. The van der Waals surface area contributed by atoms with Crippen molar-refractivity contribution in [2.24, 2.45) is 0 Å². The predicted molar refractivity (Wildman–Crippen MR) is 210 cm³/mol. The summed E-state index contributed by atoms with van der Waals surface area (Å²) in [5, 5.41) is 0. The van der Waals surface area contributed by atoms with Crippen molar-refractivity contribution < 1.29 is 56.8 Å². The minimum Gasteiger partial charge on any atom is -0.382 e. The first-order valence-corrected chi connectivity index (χ1v) is 20.8. The van der Waals surface area contributed by atoms with E-state index in [4.69, 9.17) is 56.8 Å². The van der Waals surface area contributed by atoms with Gasteiger partial charge in [0.05, 0.1) is 99.7 Å². The molecule has 0 amide bonds. The van der Waals surface area contributed by atoms with Crippen molar-refractivity contribution in [3.63, 3.8) is 0 Å². The van der Waals surface area contributed by atoms with Gasteiger partial charge in [-0.25, -0.2) is 0 Å². The van der Waals surface area contributed by atoms with Gasteiger partial charge in [0.25, 0.3) is 0 Å². The standard InChI is InChI=1S/C15H30O5.C14H26O4.C13H26O3/c1-10(2)18-9-13-15(19-11(3)4)14(12(5)20-13)17-8-7-16-6;1-8(2)15-7-14-11(6)17-12(10(5)18-14)13(14)16-9(3)4;1-8(2)14-11(6)13-12(15-9(3)4)7-10(5)16-13/h10-15H,7-9H2,1-6H3;8-13H,7H2,1-6H3;8-13H,7H2,1-6H3/t12-,13+,14-,15+;10-,11-,12?,13-,14-;10-,11+,12-,13+/m000/s1. The molecule has 2 bridgehead atoms. The monoisotopic (exact) mass is 779 g/mol. The summed E-state index contributed by atoms with van der Waals surface area (Å²) in [5.41, 5.74) is -0.446. The van der Waals surface area contributed by atoms with Crippen LogP contribution in [0.4, 0.5) is 0 Å². The van der Waals surface area contributed by atoms with Crippen LogP contribution in [0.2, 0.25) is 0 Å². The summed E-state index contributed by atoms with van der Waals surface area (Å²) in [4.78, 5) is 0. The Morgan fingerprint density at radius 3 is 1.78 bits per heavy atom. The SMILES string of the molecule is CC(C)OC[C@]12O[C@@H](C)C(O[C@H]1C)[C@@H]2OC(C)C.CC(C)O[C@H]1C[C@H](C)O[C@@H]1[C@@H](C)OC(C)C.COCCO[C@@H]1[C@H](OC(C)C)[C@@H](COC(C)C)O[C@H]1C. The first kappa shape index (κ1) is 49.7. The van der Waals surface area contributed by atoms with Crippen LogP contribution in [0.3, 0.4) is 0 Å². The molecule has 12 heteroatoms. The molecular weight excluding hydrogens is 696 g/mol. The van der Waals surface area contributed by atoms with Crippen molar-refractivity contribution in [3.8, 4) is 0 Å². The molecule has 4 aliphatic rings. The Hall–Kier alpha value is -0.480. The highest BCUT2D eigenvalue weighted by atomic mass is 16.7. The molecule has 0 radical (unpaired) electrons. The zero-order valence-corrected chi connectivity index (χ0v) is 37.3. The van der Waals surface area contributed by atoms with E-state index >= 15 is 0 Å². The zero-order valence-electron chi connectivity index (χ0n) is 37.3. The third-order valence-corrected chi connectivity index (χ3v) is 9.64. The molecule has 4 fully saturated rings. The molecule has 4 heterocycles. The van der Waals surface area contributed by atoms with E-state index in [0.717, 1.165) is 6.42 Å². The van der Waals surface area contributed by atoms with Crippen LogP contribution in [0.1, 0.15) is 124 Å². The van der Waals surface area contributed by atoms with Gasteiger partial charge in [-0.15, -0.1) is 0 Å². The summed E-state index contributed by atoms with van der Waals surface area (Å²) in [6.45, 7) is 36.9. The van der Waals surface area contributed by atoms with Crippen molar-refractivity contribution in [2.75, 3.05) is 33.5 Å². The molecule has 0 aromatic heterocycles. The second kappa shape index (κ2) is 23.8. The Labute approximate surface area is 329 Å². The van der Waals surface area contributed by atoms with Crippen LogP contribution in [0.25, 0.3) is 0 Å². The molecule has 0 aromatic rings. The zero-order chi connectivity index (χ0) is 40.9. The molecule has 0 saturated carbocycles. The fourth-order valence-electron chi connectivity index (χ4n) is 7.46. The largest absolute Gasteiger partial charge is 0.382 e. The summed E-state index contributed by atoms with van der Waals surface area (Å²) in [6.07, 6.45) is 2.53. The van der Waals surface area contributed by atoms with Gasteiger partial charge in [-0.05, 0) is 118 Å². The van der Waals surface area contributed by atoms with E-state index in [1.54, 1.807) is 7.11 Å². The maximum atomic E-state index is 6.15. The van der Waals surface area contributed by atoms with Crippen molar-refractivity contribution in [1.29, 1.82) is 0 Å². The lowest BCUT2D eigenvalue weighted by molar-refractivity contribution is -0.204. The van der Waals surface area contributed by atoms with Crippen LogP contribution in [-0.2, 0) is 56.8 Å². The molecule has 4 rings (SSSR count). The van der Waals surface area contributed by atoms with Crippen molar-refractivity contribution >= 4 is 0 Å². The van der Waals surface area contributed by atoms with E-state index in [2.05, 4.69) is 27.7 Å². The molecule has 0 spiro atoms. The van der Waals surface area contributed by atoms with E-state index in [9.17, 15) is 0 Å². The average molecular weight is 779 g/mol. The maximum absolute atomic E-state index is 6.15. The lowest BCUT2D eigenvalue weighted by Gasteiger charge is -2.36.